The molecule has 9 heteroatoms. The van der Waals surface area contributed by atoms with Crippen molar-refractivity contribution in [3.63, 3.8) is 0 Å². The van der Waals surface area contributed by atoms with Crippen LogP contribution in [0, 0.1) is 5.82 Å². The number of carbonyl (C=O) groups is 1. The number of amides is 1. The molecule has 1 saturated heterocycles. The summed E-state index contributed by atoms with van der Waals surface area (Å²) in [5.41, 5.74) is 0. The molecule has 1 fully saturated rings. The van der Waals surface area contributed by atoms with Gasteiger partial charge < -0.3 is 14.4 Å². The van der Waals surface area contributed by atoms with Crippen molar-refractivity contribution in [1.29, 1.82) is 0 Å². The second kappa shape index (κ2) is 8.57. The van der Waals surface area contributed by atoms with Crippen molar-refractivity contribution in [3.8, 4) is 11.5 Å². The van der Waals surface area contributed by atoms with Crippen molar-refractivity contribution >= 4 is 15.9 Å². The van der Waals surface area contributed by atoms with Crippen LogP contribution in [0.4, 0.5) is 4.39 Å². The summed E-state index contributed by atoms with van der Waals surface area (Å²) in [6, 6.07) is 12.3. The van der Waals surface area contributed by atoms with Gasteiger partial charge in [-0.05, 0) is 24.3 Å². The van der Waals surface area contributed by atoms with E-state index in [0.29, 0.717) is 11.5 Å². The van der Waals surface area contributed by atoms with Crippen LogP contribution in [0.5, 0.6) is 11.5 Å². The Morgan fingerprint density at radius 2 is 1.61 bits per heavy atom. The molecule has 3 rings (SSSR count). The van der Waals surface area contributed by atoms with Gasteiger partial charge in [0.2, 0.25) is 10.0 Å². The van der Waals surface area contributed by atoms with Crippen LogP contribution in [0.1, 0.15) is 0 Å². The highest BCUT2D eigenvalue weighted by Gasteiger charge is 2.31. The predicted molar refractivity (Wildman–Crippen MR) is 100 cm³/mol. The van der Waals surface area contributed by atoms with Crippen LogP contribution in [0.25, 0.3) is 0 Å². The highest BCUT2D eigenvalue weighted by molar-refractivity contribution is 7.89. The number of rotatable bonds is 6. The summed E-state index contributed by atoms with van der Waals surface area (Å²) in [7, 11) is -2.42. The van der Waals surface area contributed by atoms with Crippen molar-refractivity contribution in [2.75, 3.05) is 39.9 Å². The summed E-state index contributed by atoms with van der Waals surface area (Å²) >= 11 is 0. The minimum atomic E-state index is -3.93. The Hall–Kier alpha value is -2.65. The average Bonchev–Trinajstić information content (AvgIpc) is 2.72. The van der Waals surface area contributed by atoms with E-state index in [4.69, 9.17) is 9.47 Å². The fourth-order valence-electron chi connectivity index (χ4n) is 2.94. The minimum absolute atomic E-state index is 0.0943. The number of ether oxygens (including phenoxy) is 2. The van der Waals surface area contributed by atoms with Gasteiger partial charge in [-0.2, -0.15) is 4.31 Å². The Balaban J connectivity index is 1.58. The largest absolute Gasteiger partial charge is 0.493 e. The Labute approximate surface area is 163 Å². The molecule has 2 aromatic rings. The summed E-state index contributed by atoms with van der Waals surface area (Å²) in [6.45, 7) is 0.429. The molecule has 0 N–H and O–H groups in total. The van der Waals surface area contributed by atoms with Gasteiger partial charge in [0.1, 0.15) is 10.7 Å². The van der Waals surface area contributed by atoms with E-state index < -0.39 is 15.8 Å². The normalized spacial score (nSPS) is 15.3. The molecule has 0 aromatic heterocycles. The molecule has 1 aliphatic heterocycles. The standard InChI is InChI=1S/C19H21FN2O5S/c1-26-16-7-3-4-8-17(16)27-14-19(23)21-10-12-22(13-11-21)28(24,25)18-9-5-2-6-15(18)20/h2-9H,10-14H2,1H3. The molecule has 0 aliphatic carbocycles. The van der Waals surface area contributed by atoms with Crippen molar-refractivity contribution < 1.29 is 27.1 Å². The van der Waals surface area contributed by atoms with Crippen molar-refractivity contribution in [3.05, 3.63) is 54.3 Å². The molecule has 0 unspecified atom stereocenters. The zero-order valence-electron chi connectivity index (χ0n) is 15.4. The first-order valence-corrected chi connectivity index (χ1v) is 10.2. The Bertz CT molecular complexity index is 943. The summed E-state index contributed by atoms with van der Waals surface area (Å²) in [6.07, 6.45) is 0. The third-order valence-electron chi connectivity index (χ3n) is 4.47. The fourth-order valence-corrected chi connectivity index (χ4v) is 4.43. The number of halogens is 1. The zero-order chi connectivity index (χ0) is 20.1. The molecule has 0 spiro atoms. The molecule has 1 amide bonds. The number of benzene rings is 2. The second-order valence-electron chi connectivity index (χ2n) is 6.15. The topological polar surface area (TPSA) is 76.2 Å². The van der Waals surface area contributed by atoms with Gasteiger partial charge in [-0.1, -0.05) is 24.3 Å². The van der Waals surface area contributed by atoms with Crippen LogP contribution in [-0.4, -0.2) is 63.4 Å². The highest BCUT2D eigenvalue weighted by Crippen LogP contribution is 2.26. The van der Waals surface area contributed by atoms with Gasteiger partial charge in [-0.25, -0.2) is 12.8 Å². The van der Waals surface area contributed by atoms with E-state index in [1.54, 1.807) is 24.3 Å². The number of methoxy groups -OCH3 is 1. The highest BCUT2D eigenvalue weighted by atomic mass is 32.2. The van der Waals surface area contributed by atoms with Gasteiger partial charge in [0.05, 0.1) is 7.11 Å². The number of para-hydroxylation sites is 2. The summed E-state index contributed by atoms with van der Waals surface area (Å²) < 4.78 is 51.0. The maximum Gasteiger partial charge on any atom is 0.260 e. The Morgan fingerprint density at radius 3 is 2.25 bits per heavy atom. The van der Waals surface area contributed by atoms with Crippen LogP contribution in [0.15, 0.2) is 53.4 Å². The number of hydrogen-bond donors (Lipinski definition) is 0. The number of hydrogen-bond acceptors (Lipinski definition) is 5. The van der Waals surface area contributed by atoms with Crippen molar-refractivity contribution in [2.24, 2.45) is 0 Å². The van der Waals surface area contributed by atoms with E-state index in [9.17, 15) is 17.6 Å². The molecule has 0 saturated carbocycles. The van der Waals surface area contributed by atoms with Gasteiger partial charge in [-0.3, -0.25) is 4.79 Å². The Kier molecular flexibility index (Phi) is 6.15. The zero-order valence-corrected chi connectivity index (χ0v) is 16.2. The molecule has 0 radical (unpaired) electrons. The van der Waals surface area contributed by atoms with E-state index in [1.165, 1.54) is 34.5 Å². The molecule has 0 bridgehead atoms. The minimum Gasteiger partial charge on any atom is -0.493 e. The van der Waals surface area contributed by atoms with Crippen LogP contribution < -0.4 is 9.47 Å². The van der Waals surface area contributed by atoms with E-state index in [-0.39, 0.29) is 43.6 Å². The van der Waals surface area contributed by atoms with Gasteiger partial charge in [0.15, 0.2) is 18.1 Å². The lowest BCUT2D eigenvalue weighted by atomic mass is 10.3. The van der Waals surface area contributed by atoms with E-state index in [1.807, 2.05) is 0 Å². The lowest BCUT2D eigenvalue weighted by Gasteiger charge is -2.34. The lowest BCUT2D eigenvalue weighted by molar-refractivity contribution is -0.134. The van der Waals surface area contributed by atoms with Crippen LogP contribution in [0.3, 0.4) is 0 Å². The maximum atomic E-state index is 13.9. The van der Waals surface area contributed by atoms with E-state index in [0.717, 1.165) is 6.07 Å². The maximum absolute atomic E-state index is 13.9. The number of sulfonamides is 1. The van der Waals surface area contributed by atoms with Gasteiger partial charge >= 0.3 is 0 Å². The molecule has 0 atom stereocenters. The first kappa shape index (κ1) is 20.1. The number of nitrogens with zero attached hydrogens (tertiary/aromatic N) is 2. The van der Waals surface area contributed by atoms with Gasteiger partial charge in [0, 0.05) is 26.2 Å². The first-order chi connectivity index (χ1) is 13.4. The molecule has 1 heterocycles. The van der Waals surface area contributed by atoms with E-state index >= 15 is 0 Å². The van der Waals surface area contributed by atoms with Crippen molar-refractivity contribution in [2.45, 2.75) is 4.90 Å². The quantitative estimate of drug-likeness (QED) is 0.728. The number of piperazine rings is 1. The monoisotopic (exact) mass is 408 g/mol. The van der Waals surface area contributed by atoms with E-state index in [2.05, 4.69) is 0 Å². The summed E-state index contributed by atoms with van der Waals surface area (Å²) in [4.78, 5) is 13.6. The third-order valence-corrected chi connectivity index (χ3v) is 6.40. The van der Waals surface area contributed by atoms with Gasteiger partial charge in [0.25, 0.3) is 5.91 Å². The lowest BCUT2D eigenvalue weighted by Crippen LogP contribution is -2.51. The molecule has 150 valence electrons. The smallest absolute Gasteiger partial charge is 0.260 e. The molecule has 1 aliphatic rings. The van der Waals surface area contributed by atoms with Crippen molar-refractivity contribution in [1.82, 2.24) is 9.21 Å². The SMILES string of the molecule is COc1ccccc1OCC(=O)N1CCN(S(=O)(=O)c2ccccc2F)CC1. The van der Waals surface area contributed by atoms with Crippen LogP contribution >= 0.6 is 0 Å². The molecular weight excluding hydrogens is 387 g/mol. The molecule has 2 aromatic carbocycles. The molecule has 7 nitrogen and oxygen atoms in total. The Morgan fingerprint density at radius 1 is 1.00 bits per heavy atom. The van der Waals surface area contributed by atoms with Crippen LogP contribution in [-0.2, 0) is 14.8 Å². The third kappa shape index (κ3) is 4.26. The van der Waals surface area contributed by atoms with Gasteiger partial charge in [-0.15, -0.1) is 0 Å². The second-order valence-corrected chi connectivity index (χ2v) is 8.06. The molecular formula is C19H21FN2O5S. The first-order valence-electron chi connectivity index (χ1n) is 8.72. The summed E-state index contributed by atoms with van der Waals surface area (Å²) in [5, 5.41) is 0. The molecule has 28 heavy (non-hydrogen) atoms. The summed E-state index contributed by atoms with van der Waals surface area (Å²) in [5.74, 6) is -0.0599. The predicted octanol–water partition coefficient (Wildman–Crippen LogP) is 1.75. The average molecular weight is 408 g/mol. The fraction of sp³-hybridized carbons (Fsp3) is 0.316. The number of carbonyl (C=O) groups excluding carboxylic acids is 1. The van der Waals surface area contributed by atoms with Crippen LogP contribution in [0.2, 0.25) is 0 Å².